The van der Waals surface area contributed by atoms with Crippen molar-refractivity contribution in [3.8, 4) is 12.3 Å². The third-order valence-electron chi connectivity index (χ3n) is 4.57. The van der Waals surface area contributed by atoms with Crippen LogP contribution in [0.25, 0.3) is 0 Å². The van der Waals surface area contributed by atoms with Gasteiger partial charge in [0.25, 0.3) is 5.91 Å². The Bertz CT molecular complexity index is 539. The highest BCUT2D eigenvalue weighted by atomic mass is 16.3. The summed E-state index contributed by atoms with van der Waals surface area (Å²) in [6.45, 7) is 0.353. The molecule has 2 fully saturated rings. The Hall–Kier alpha value is -1.94. The number of carbonyl (C=O) groups is 2. The summed E-state index contributed by atoms with van der Waals surface area (Å²) in [6.07, 6.45) is 8.02. The average molecular weight is 290 g/mol. The summed E-state index contributed by atoms with van der Waals surface area (Å²) in [6, 6.07) is -0.357. The summed E-state index contributed by atoms with van der Waals surface area (Å²) in [4.78, 5) is 25.6. The zero-order valence-electron chi connectivity index (χ0n) is 11.7. The molecule has 3 rings (SSSR count). The van der Waals surface area contributed by atoms with Gasteiger partial charge in [-0.2, -0.15) is 10.2 Å². The van der Waals surface area contributed by atoms with Crippen LogP contribution < -0.4 is 5.32 Å². The van der Waals surface area contributed by atoms with Crippen molar-refractivity contribution >= 4 is 11.9 Å². The van der Waals surface area contributed by atoms with E-state index in [2.05, 4.69) is 21.5 Å². The number of nitrogens with zero attached hydrogens (tertiary/aromatic N) is 3. The lowest BCUT2D eigenvalue weighted by Crippen LogP contribution is -2.57. The van der Waals surface area contributed by atoms with Gasteiger partial charge in [0.1, 0.15) is 5.54 Å². The number of amides is 3. The van der Waals surface area contributed by atoms with E-state index in [1.54, 1.807) is 0 Å². The predicted molar refractivity (Wildman–Crippen MR) is 73.1 cm³/mol. The summed E-state index contributed by atoms with van der Waals surface area (Å²) < 4.78 is 0. The molecule has 0 atom stereocenters. The topological polar surface area (TPSA) is 94.4 Å². The van der Waals surface area contributed by atoms with Gasteiger partial charge in [0.05, 0.1) is 0 Å². The second-order valence-electron chi connectivity index (χ2n) is 6.06. The molecule has 2 heterocycles. The Labute approximate surface area is 122 Å². The molecule has 0 aromatic rings. The molecule has 7 nitrogen and oxygen atoms in total. The Kier molecular flexibility index (Phi) is 3.21. The Morgan fingerprint density at radius 3 is 2.67 bits per heavy atom. The van der Waals surface area contributed by atoms with Crippen LogP contribution in [0.2, 0.25) is 0 Å². The van der Waals surface area contributed by atoms with E-state index in [-0.39, 0.29) is 24.5 Å². The highest BCUT2D eigenvalue weighted by molar-refractivity contribution is 6.07. The van der Waals surface area contributed by atoms with Crippen LogP contribution in [0.3, 0.4) is 0 Å². The first-order chi connectivity index (χ1) is 10.0. The number of aliphatic hydroxyl groups excluding tert-OH is 1. The van der Waals surface area contributed by atoms with Crippen molar-refractivity contribution in [3.63, 3.8) is 0 Å². The number of hydrogen-bond acceptors (Lipinski definition) is 5. The quantitative estimate of drug-likeness (QED) is 0.555. The van der Waals surface area contributed by atoms with Crippen LogP contribution in [0.15, 0.2) is 10.2 Å². The maximum absolute atomic E-state index is 12.4. The first-order valence-electron chi connectivity index (χ1n) is 7.17. The third kappa shape index (κ3) is 2.29. The van der Waals surface area contributed by atoms with E-state index in [4.69, 9.17) is 11.5 Å². The van der Waals surface area contributed by atoms with Gasteiger partial charge in [0.15, 0.2) is 5.66 Å². The van der Waals surface area contributed by atoms with Crippen molar-refractivity contribution in [2.24, 2.45) is 16.1 Å². The Morgan fingerprint density at radius 2 is 2.10 bits per heavy atom. The number of nitrogens with one attached hydrogen (secondary N) is 1. The second kappa shape index (κ2) is 4.81. The number of rotatable bonds is 6. The molecule has 0 aromatic heterocycles. The summed E-state index contributed by atoms with van der Waals surface area (Å²) in [5, 5.41) is 19.8. The van der Waals surface area contributed by atoms with Gasteiger partial charge in [-0.1, -0.05) is 0 Å². The molecule has 1 saturated heterocycles. The number of aliphatic hydroxyl groups is 1. The lowest BCUT2D eigenvalue weighted by molar-refractivity contribution is -0.136. The first kappa shape index (κ1) is 14.0. The van der Waals surface area contributed by atoms with E-state index in [1.807, 2.05) is 0 Å². The van der Waals surface area contributed by atoms with E-state index >= 15 is 0 Å². The van der Waals surface area contributed by atoms with Gasteiger partial charge in [-0.15, -0.1) is 12.3 Å². The molecule has 1 aliphatic carbocycles. The summed E-state index contributed by atoms with van der Waals surface area (Å²) in [7, 11) is 0. The summed E-state index contributed by atoms with van der Waals surface area (Å²) >= 11 is 0. The van der Waals surface area contributed by atoms with E-state index in [0.29, 0.717) is 38.6 Å². The van der Waals surface area contributed by atoms with E-state index in [0.717, 1.165) is 0 Å². The number of terminal acetylenes is 1. The minimum Gasteiger partial charge on any atom is -0.396 e. The van der Waals surface area contributed by atoms with Gasteiger partial charge in [-0.25, -0.2) is 4.79 Å². The maximum Gasteiger partial charge on any atom is 0.325 e. The van der Waals surface area contributed by atoms with Crippen molar-refractivity contribution < 1.29 is 14.7 Å². The fourth-order valence-electron chi connectivity index (χ4n) is 3.17. The lowest BCUT2D eigenvalue weighted by Gasteiger charge is -2.41. The molecule has 2 aliphatic heterocycles. The molecule has 1 spiro atoms. The number of hydrogen-bond donors (Lipinski definition) is 2. The van der Waals surface area contributed by atoms with Crippen molar-refractivity contribution in [2.75, 3.05) is 13.2 Å². The molecule has 3 amide bonds. The zero-order chi connectivity index (χ0) is 15.1. The van der Waals surface area contributed by atoms with Gasteiger partial charge < -0.3 is 10.4 Å². The molecule has 21 heavy (non-hydrogen) atoms. The van der Waals surface area contributed by atoms with Crippen molar-refractivity contribution in [1.29, 1.82) is 0 Å². The largest absolute Gasteiger partial charge is 0.396 e. The lowest BCUT2D eigenvalue weighted by atomic mass is 9.68. The number of urea groups is 1. The van der Waals surface area contributed by atoms with E-state index < -0.39 is 11.2 Å². The van der Waals surface area contributed by atoms with Gasteiger partial charge in [-0.05, 0) is 18.8 Å². The van der Waals surface area contributed by atoms with E-state index in [9.17, 15) is 9.59 Å². The molecular formula is C14H18N4O3. The number of imide groups is 1. The zero-order valence-corrected chi connectivity index (χ0v) is 11.7. The van der Waals surface area contributed by atoms with Crippen molar-refractivity contribution in [3.05, 3.63) is 0 Å². The fourth-order valence-corrected chi connectivity index (χ4v) is 3.17. The molecule has 3 aliphatic rings. The minimum absolute atomic E-state index is 0.0534. The molecule has 1 saturated carbocycles. The van der Waals surface area contributed by atoms with Crippen LogP contribution in [0.4, 0.5) is 4.79 Å². The van der Waals surface area contributed by atoms with Crippen molar-refractivity contribution in [2.45, 2.75) is 43.3 Å². The molecule has 0 bridgehead atoms. The third-order valence-corrected chi connectivity index (χ3v) is 4.57. The smallest absolute Gasteiger partial charge is 0.325 e. The van der Waals surface area contributed by atoms with Gasteiger partial charge in [0.2, 0.25) is 0 Å². The van der Waals surface area contributed by atoms with Crippen LogP contribution >= 0.6 is 0 Å². The van der Waals surface area contributed by atoms with Crippen LogP contribution in [-0.4, -0.2) is 46.3 Å². The first-order valence-corrected chi connectivity index (χ1v) is 7.17. The fraction of sp³-hybridized carbons (Fsp3) is 0.714. The molecule has 112 valence electrons. The number of carbonyl (C=O) groups excluding carboxylic acids is 2. The molecule has 7 heteroatoms. The monoisotopic (exact) mass is 290 g/mol. The molecular weight excluding hydrogens is 272 g/mol. The highest BCUT2D eigenvalue weighted by Gasteiger charge is 2.58. The Balaban J connectivity index is 1.56. The van der Waals surface area contributed by atoms with Crippen molar-refractivity contribution in [1.82, 2.24) is 10.2 Å². The van der Waals surface area contributed by atoms with Gasteiger partial charge in [-0.3, -0.25) is 9.69 Å². The molecule has 0 radical (unpaired) electrons. The summed E-state index contributed by atoms with van der Waals surface area (Å²) in [5.74, 6) is 2.46. The molecule has 2 N–H and O–H groups in total. The minimum atomic E-state index is -0.783. The molecule has 0 aromatic carbocycles. The van der Waals surface area contributed by atoms with Crippen LogP contribution in [0, 0.1) is 18.3 Å². The van der Waals surface area contributed by atoms with Crippen LogP contribution in [0.1, 0.15) is 32.1 Å². The predicted octanol–water partition coefficient (Wildman–Crippen LogP) is 0.645. The average Bonchev–Trinajstić information content (AvgIpc) is 3.15. The second-order valence-corrected chi connectivity index (χ2v) is 6.06. The maximum atomic E-state index is 12.4. The SMILES string of the molecule is C#CCCC1(CCN2C(=O)NC3(CC(CO)C3)C2=O)N=N1. The normalized spacial score (nSPS) is 32.0. The Morgan fingerprint density at radius 1 is 1.38 bits per heavy atom. The summed E-state index contributed by atoms with van der Waals surface area (Å²) in [5.41, 5.74) is -1.27. The highest BCUT2D eigenvalue weighted by Crippen LogP contribution is 2.43. The standard InChI is InChI=1S/C14H18N4O3/c1-2-3-4-14(16-17-14)5-6-18-11(20)13(15-12(18)21)7-10(8-13)9-19/h1,10,19H,3-9H2,(H,15,21). The van der Waals surface area contributed by atoms with Gasteiger partial charge in [0, 0.05) is 32.4 Å². The van der Waals surface area contributed by atoms with Crippen LogP contribution in [0.5, 0.6) is 0 Å². The van der Waals surface area contributed by atoms with E-state index in [1.165, 1.54) is 4.90 Å². The van der Waals surface area contributed by atoms with Gasteiger partial charge >= 0.3 is 6.03 Å². The molecule has 0 unspecified atom stereocenters. The van der Waals surface area contributed by atoms with Crippen LogP contribution in [-0.2, 0) is 4.79 Å².